The van der Waals surface area contributed by atoms with Gasteiger partial charge in [0, 0.05) is 24.9 Å². The third kappa shape index (κ3) is 1.07. The lowest BCUT2D eigenvalue weighted by molar-refractivity contribution is 0.540. The summed E-state index contributed by atoms with van der Waals surface area (Å²) in [6.07, 6.45) is 6.27. The van der Waals surface area contributed by atoms with Crippen LogP contribution in [0.5, 0.6) is 0 Å². The molecule has 2 unspecified atom stereocenters. The van der Waals surface area contributed by atoms with E-state index in [-0.39, 0.29) is 0 Å². The first-order valence-corrected chi connectivity index (χ1v) is 4.88. The largest absolute Gasteiger partial charge is 0.316 e. The van der Waals surface area contributed by atoms with Crippen molar-refractivity contribution in [1.82, 2.24) is 15.3 Å². The molecule has 3 heteroatoms. The molecule has 0 radical (unpaired) electrons. The van der Waals surface area contributed by atoms with Gasteiger partial charge in [0.15, 0.2) is 0 Å². The van der Waals surface area contributed by atoms with Crippen LogP contribution in [0.2, 0.25) is 0 Å². The molecule has 3 rings (SSSR count). The molecule has 1 spiro atoms. The molecule has 2 heterocycles. The highest BCUT2D eigenvalue weighted by molar-refractivity contribution is 5.20. The molecular formula is C10H13N3. The first kappa shape index (κ1) is 7.44. The molecule has 2 aliphatic rings. The molecule has 68 valence electrons. The minimum atomic E-state index is 0.529. The standard InChI is InChI=1S/C10H13N3/c1-3-12-9(13-4-1)8-6-10(8)2-5-11-7-10/h1,3-4,8,11H,2,5-7H2. The van der Waals surface area contributed by atoms with Crippen LogP contribution in [-0.4, -0.2) is 23.1 Å². The monoisotopic (exact) mass is 175 g/mol. The fourth-order valence-electron chi connectivity index (χ4n) is 2.44. The Labute approximate surface area is 77.6 Å². The minimum Gasteiger partial charge on any atom is -0.316 e. The Kier molecular flexibility index (Phi) is 1.44. The molecule has 0 bridgehead atoms. The zero-order valence-corrected chi connectivity index (χ0v) is 7.53. The summed E-state index contributed by atoms with van der Waals surface area (Å²) < 4.78 is 0. The molecule has 2 atom stereocenters. The van der Waals surface area contributed by atoms with Crippen molar-refractivity contribution in [3.05, 3.63) is 24.3 Å². The molecule has 1 aromatic heterocycles. The van der Waals surface area contributed by atoms with E-state index in [0.29, 0.717) is 11.3 Å². The zero-order valence-electron chi connectivity index (χ0n) is 7.53. The van der Waals surface area contributed by atoms with Gasteiger partial charge in [0.2, 0.25) is 0 Å². The van der Waals surface area contributed by atoms with Gasteiger partial charge in [-0.2, -0.15) is 0 Å². The number of rotatable bonds is 1. The van der Waals surface area contributed by atoms with E-state index in [9.17, 15) is 0 Å². The van der Waals surface area contributed by atoms with Gasteiger partial charge in [0.25, 0.3) is 0 Å². The number of hydrogen-bond donors (Lipinski definition) is 1. The van der Waals surface area contributed by atoms with E-state index >= 15 is 0 Å². The zero-order chi connectivity index (χ0) is 8.73. The van der Waals surface area contributed by atoms with E-state index in [1.165, 1.54) is 19.4 Å². The summed E-state index contributed by atoms with van der Waals surface area (Å²) in [5.41, 5.74) is 0.529. The van der Waals surface area contributed by atoms with Crippen LogP contribution in [0.3, 0.4) is 0 Å². The summed E-state index contributed by atoms with van der Waals surface area (Å²) in [7, 11) is 0. The minimum absolute atomic E-state index is 0.529. The molecule has 0 amide bonds. The molecule has 3 nitrogen and oxygen atoms in total. The SMILES string of the molecule is c1cnc(C2CC23CCNC3)nc1. The van der Waals surface area contributed by atoms with Gasteiger partial charge in [0.05, 0.1) is 0 Å². The Hall–Kier alpha value is -0.960. The first-order chi connectivity index (χ1) is 6.41. The van der Waals surface area contributed by atoms with Gasteiger partial charge < -0.3 is 5.32 Å². The van der Waals surface area contributed by atoms with Crippen molar-refractivity contribution >= 4 is 0 Å². The molecule has 1 aliphatic carbocycles. The summed E-state index contributed by atoms with van der Waals surface area (Å²) in [5, 5.41) is 3.42. The lowest BCUT2D eigenvalue weighted by atomic mass is 10.0. The molecule has 0 aromatic carbocycles. The average Bonchev–Trinajstić information content (AvgIpc) is 2.66. The van der Waals surface area contributed by atoms with Crippen molar-refractivity contribution < 1.29 is 0 Å². The Balaban J connectivity index is 1.83. The summed E-state index contributed by atoms with van der Waals surface area (Å²) in [6, 6.07) is 1.88. The van der Waals surface area contributed by atoms with Crippen molar-refractivity contribution in [2.75, 3.05) is 13.1 Å². The Morgan fingerprint density at radius 2 is 2.23 bits per heavy atom. The van der Waals surface area contributed by atoms with Crippen LogP contribution in [0.1, 0.15) is 24.6 Å². The van der Waals surface area contributed by atoms with Crippen LogP contribution >= 0.6 is 0 Å². The van der Waals surface area contributed by atoms with Crippen molar-refractivity contribution in [3.8, 4) is 0 Å². The van der Waals surface area contributed by atoms with Crippen LogP contribution in [0.15, 0.2) is 18.5 Å². The normalized spacial score (nSPS) is 36.8. The average molecular weight is 175 g/mol. The molecule has 1 aromatic rings. The maximum absolute atomic E-state index is 4.32. The molecule has 1 N–H and O–H groups in total. The van der Waals surface area contributed by atoms with Gasteiger partial charge in [0.1, 0.15) is 5.82 Å². The summed E-state index contributed by atoms with van der Waals surface area (Å²) in [6.45, 7) is 2.33. The van der Waals surface area contributed by atoms with Gasteiger partial charge in [-0.1, -0.05) is 0 Å². The number of nitrogens with one attached hydrogen (secondary N) is 1. The third-order valence-corrected chi connectivity index (χ3v) is 3.36. The predicted molar refractivity (Wildman–Crippen MR) is 49.3 cm³/mol. The van der Waals surface area contributed by atoms with Crippen molar-refractivity contribution in [2.45, 2.75) is 18.8 Å². The lowest BCUT2D eigenvalue weighted by Crippen LogP contribution is -2.11. The Morgan fingerprint density at radius 1 is 1.38 bits per heavy atom. The van der Waals surface area contributed by atoms with Gasteiger partial charge >= 0.3 is 0 Å². The van der Waals surface area contributed by atoms with Gasteiger partial charge in [-0.15, -0.1) is 0 Å². The molecule has 1 saturated heterocycles. The second-order valence-electron chi connectivity index (χ2n) is 4.15. The van der Waals surface area contributed by atoms with Gasteiger partial charge in [-0.05, 0) is 30.9 Å². The second-order valence-corrected chi connectivity index (χ2v) is 4.15. The summed E-state index contributed by atoms with van der Waals surface area (Å²) >= 11 is 0. The Morgan fingerprint density at radius 3 is 2.92 bits per heavy atom. The predicted octanol–water partition coefficient (Wildman–Crippen LogP) is 0.944. The topological polar surface area (TPSA) is 37.8 Å². The molecule has 13 heavy (non-hydrogen) atoms. The Bertz CT molecular complexity index is 303. The van der Waals surface area contributed by atoms with E-state index in [1.54, 1.807) is 0 Å². The number of aromatic nitrogens is 2. The van der Waals surface area contributed by atoms with E-state index in [2.05, 4.69) is 15.3 Å². The molecule has 1 aliphatic heterocycles. The second kappa shape index (κ2) is 2.51. The van der Waals surface area contributed by atoms with Crippen LogP contribution in [0.4, 0.5) is 0 Å². The lowest BCUT2D eigenvalue weighted by Gasteiger charge is -2.04. The number of hydrogen-bond acceptors (Lipinski definition) is 3. The summed E-state index contributed by atoms with van der Waals surface area (Å²) in [5.74, 6) is 1.68. The van der Waals surface area contributed by atoms with E-state index < -0.39 is 0 Å². The third-order valence-electron chi connectivity index (χ3n) is 3.36. The fraction of sp³-hybridized carbons (Fsp3) is 0.600. The van der Waals surface area contributed by atoms with Crippen molar-refractivity contribution in [2.24, 2.45) is 5.41 Å². The summed E-state index contributed by atoms with van der Waals surface area (Å²) in [4.78, 5) is 8.64. The molecular weight excluding hydrogens is 162 g/mol. The quantitative estimate of drug-likeness (QED) is 0.690. The highest BCUT2D eigenvalue weighted by Gasteiger charge is 2.57. The van der Waals surface area contributed by atoms with E-state index in [0.717, 1.165) is 12.4 Å². The smallest absolute Gasteiger partial charge is 0.131 e. The van der Waals surface area contributed by atoms with Gasteiger partial charge in [-0.25, -0.2) is 9.97 Å². The van der Waals surface area contributed by atoms with E-state index in [4.69, 9.17) is 0 Å². The van der Waals surface area contributed by atoms with Crippen LogP contribution in [-0.2, 0) is 0 Å². The van der Waals surface area contributed by atoms with E-state index in [1.807, 2.05) is 18.5 Å². The maximum atomic E-state index is 4.32. The van der Waals surface area contributed by atoms with Gasteiger partial charge in [-0.3, -0.25) is 0 Å². The maximum Gasteiger partial charge on any atom is 0.131 e. The fourth-order valence-corrected chi connectivity index (χ4v) is 2.44. The highest BCUT2D eigenvalue weighted by atomic mass is 15.0. The van der Waals surface area contributed by atoms with Crippen LogP contribution in [0.25, 0.3) is 0 Å². The van der Waals surface area contributed by atoms with Crippen molar-refractivity contribution in [3.63, 3.8) is 0 Å². The number of nitrogens with zero attached hydrogens (tertiary/aromatic N) is 2. The van der Waals surface area contributed by atoms with Crippen molar-refractivity contribution in [1.29, 1.82) is 0 Å². The molecule has 1 saturated carbocycles. The highest BCUT2D eigenvalue weighted by Crippen LogP contribution is 2.61. The first-order valence-electron chi connectivity index (χ1n) is 4.88. The molecule has 2 fully saturated rings. The van der Waals surface area contributed by atoms with Crippen LogP contribution < -0.4 is 5.32 Å². The van der Waals surface area contributed by atoms with Crippen LogP contribution in [0, 0.1) is 5.41 Å².